The van der Waals surface area contributed by atoms with Crippen molar-refractivity contribution in [2.75, 3.05) is 7.05 Å². The summed E-state index contributed by atoms with van der Waals surface area (Å²) in [5.74, 6) is 0.0961. The fourth-order valence-corrected chi connectivity index (χ4v) is 2.74. The van der Waals surface area contributed by atoms with E-state index in [2.05, 4.69) is 6.07 Å². The maximum absolute atomic E-state index is 12.2. The summed E-state index contributed by atoms with van der Waals surface area (Å²) in [5, 5.41) is 8.76. The quantitative estimate of drug-likeness (QED) is 0.912. The molecule has 1 aliphatic carbocycles. The van der Waals surface area contributed by atoms with E-state index in [0.717, 1.165) is 31.2 Å². The van der Waals surface area contributed by atoms with Gasteiger partial charge in [0.15, 0.2) is 0 Å². The van der Waals surface area contributed by atoms with Crippen molar-refractivity contribution in [1.29, 1.82) is 5.26 Å². The predicted molar refractivity (Wildman–Crippen MR) is 77.6 cm³/mol. The van der Waals surface area contributed by atoms with Gasteiger partial charge < -0.3 is 10.6 Å². The Labute approximate surface area is 120 Å². The van der Waals surface area contributed by atoms with Gasteiger partial charge in [0.1, 0.15) is 0 Å². The fraction of sp³-hybridized carbons (Fsp3) is 0.500. The Hall–Kier alpha value is -1.86. The summed E-state index contributed by atoms with van der Waals surface area (Å²) < 4.78 is 0. The third-order valence-corrected chi connectivity index (χ3v) is 4.03. The zero-order valence-electron chi connectivity index (χ0n) is 11.9. The number of hydrogen-bond donors (Lipinski definition) is 1. The topological polar surface area (TPSA) is 70.1 Å². The van der Waals surface area contributed by atoms with Crippen LogP contribution >= 0.6 is 0 Å². The van der Waals surface area contributed by atoms with E-state index in [0.29, 0.717) is 18.5 Å². The molecule has 4 heteroatoms. The molecular weight excluding hydrogens is 250 g/mol. The summed E-state index contributed by atoms with van der Waals surface area (Å²) >= 11 is 0. The molecule has 4 nitrogen and oxygen atoms in total. The lowest BCUT2D eigenvalue weighted by atomic mass is 9.94. The van der Waals surface area contributed by atoms with Gasteiger partial charge in [0.25, 0.3) is 0 Å². The summed E-state index contributed by atoms with van der Waals surface area (Å²) in [4.78, 5) is 13.9. The molecule has 0 radical (unpaired) electrons. The Morgan fingerprint density at radius 3 is 2.50 bits per heavy atom. The molecular formula is C16H21N3O. The van der Waals surface area contributed by atoms with Crippen LogP contribution in [0.15, 0.2) is 24.3 Å². The van der Waals surface area contributed by atoms with Gasteiger partial charge in [0.2, 0.25) is 5.91 Å². The first-order chi connectivity index (χ1) is 9.52. The molecule has 1 aromatic carbocycles. The monoisotopic (exact) mass is 271 g/mol. The largest absolute Gasteiger partial charge is 0.341 e. The molecule has 106 valence electrons. The van der Waals surface area contributed by atoms with Crippen molar-refractivity contribution in [3.8, 4) is 6.07 Å². The van der Waals surface area contributed by atoms with Crippen LogP contribution in [0.1, 0.15) is 43.2 Å². The van der Waals surface area contributed by atoms with Crippen molar-refractivity contribution >= 4 is 5.91 Å². The minimum Gasteiger partial charge on any atom is -0.341 e. The van der Waals surface area contributed by atoms with Gasteiger partial charge in [0, 0.05) is 25.6 Å². The lowest BCUT2D eigenvalue weighted by molar-refractivity contribution is -0.131. The van der Waals surface area contributed by atoms with Crippen LogP contribution in [0.3, 0.4) is 0 Å². The van der Waals surface area contributed by atoms with Gasteiger partial charge in [-0.2, -0.15) is 5.26 Å². The summed E-state index contributed by atoms with van der Waals surface area (Å²) in [7, 11) is 1.80. The second-order valence-electron chi connectivity index (χ2n) is 5.80. The summed E-state index contributed by atoms with van der Waals surface area (Å²) in [6.07, 6.45) is 4.58. The number of nitriles is 1. The summed E-state index contributed by atoms with van der Waals surface area (Å²) in [6, 6.07) is 9.40. The highest BCUT2D eigenvalue weighted by Crippen LogP contribution is 2.30. The molecule has 0 atom stereocenters. The molecule has 0 unspecified atom stereocenters. The van der Waals surface area contributed by atoms with Crippen LogP contribution < -0.4 is 5.73 Å². The molecule has 1 saturated carbocycles. The smallest absolute Gasteiger partial charge is 0.224 e. The number of nitrogens with zero attached hydrogens (tertiary/aromatic N) is 2. The van der Waals surface area contributed by atoms with Gasteiger partial charge in [-0.15, -0.1) is 0 Å². The number of carbonyl (C=O) groups is 1. The Kier molecular flexibility index (Phi) is 4.41. The first-order valence-electron chi connectivity index (χ1n) is 7.04. The van der Waals surface area contributed by atoms with E-state index in [1.54, 1.807) is 24.1 Å². The van der Waals surface area contributed by atoms with Crippen LogP contribution in [-0.4, -0.2) is 23.4 Å². The van der Waals surface area contributed by atoms with Gasteiger partial charge in [-0.1, -0.05) is 25.0 Å². The lowest BCUT2D eigenvalue weighted by Gasteiger charge is -2.26. The maximum atomic E-state index is 12.2. The molecule has 0 aliphatic heterocycles. The highest BCUT2D eigenvalue weighted by atomic mass is 16.2. The first kappa shape index (κ1) is 14.5. The molecule has 1 aromatic rings. The van der Waals surface area contributed by atoms with E-state index < -0.39 is 0 Å². The van der Waals surface area contributed by atoms with E-state index >= 15 is 0 Å². The van der Waals surface area contributed by atoms with Crippen LogP contribution in [0.4, 0.5) is 0 Å². The standard InChI is InChI=1S/C16H21N3O/c1-19(12-14-6-4-13(11-17)5-7-14)15(20)10-16(18)8-2-3-9-16/h4-7H,2-3,8-10,12,18H2,1H3. The molecule has 0 bridgehead atoms. The third-order valence-electron chi connectivity index (χ3n) is 4.03. The van der Waals surface area contributed by atoms with Crippen molar-refractivity contribution < 1.29 is 4.79 Å². The van der Waals surface area contributed by atoms with Crippen LogP contribution in [0, 0.1) is 11.3 Å². The summed E-state index contributed by atoms with van der Waals surface area (Å²) in [5.41, 5.74) is 7.61. The number of rotatable bonds is 4. The van der Waals surface area contributed by atoms with Crippen molar-refractivity contribution in [3.05, 3.63) is 35.4 Å². The highest BCUT2D eigenvalue weighted by molar-refractivity contribution is 5.77. The number of nitrogens with two attached hydrogens (primary N) is 1. The second-order valence-corrected chi connectivity index (χ2v) is 5.80. The minimum atomic E-state index is -0.296. The van der Waals surface area contributed by atoms with Crippen LogP contribution in [0.5, 0.6) is 0 Å². The average Bonchev–Trinajstić information content (AvgIpc) is 2.86. The van der Waals surface area contributed by atoms with Gasteiger partial charge in [0.05, 0.1) is 11.6 Å². The molecule has 1 amide bonds. The maximum Gasteiger partial charge on any atom is 0.224 e. The Morgan fingerprint density at radius 2 is 1.95 bits per heavy atom. The number of hydrogen-bond acceptors (Lipinski definition) is 3. The Morgan fingerprint density at radius 1 is 1.35 bits per heavy atom. The number of carbonyl (C=O) groups excluding carboxylic acids is 1. The van der Waals surface area contributed by atoms with Crippen molar-refractivity contribution in [2.45, 2.75) is 44.2 Å². The van der Waals surface area contributed by atoms with E-state index in [9.17, 15) is 4.79 Å². The second kappa shape index (κ2) is 6.06. The lowest BCUT2D eigenvalue weighted by Crippen LogP contribution is -2.42. The van der Waals surface area contributed by atoms with Crippen LogP contribution in [0.2, 0.25) is 0 Å². The highest BCUT2D eigenvalue weighted by Gasteiger charge is 2.32. The normalized spacial score (nSPS) is 16.6. The first-order valence-corrected chi connectivity index (χ1v) is 7.04. The Bertz CT molecular complexity index is 510. The number of benzene rings is 1. The zero-order valence-corrected chi connectivity index (χ0v) is 11.9. The third kappa shape index (κ3) is 3.58. The van der Waals surface area contributed by atoms with Crippen molar-refractivity contribution in [3.63, 3.8) is 0 Å². The minimum absolute atomic E-state index is 0.0961. The molecule has 0 aromatic heterocycles. The van der Waals surface area contributed by atoms with E-state index in [1.165, 1.54) is 0 Å². The van der Waals surface area contributed by atoms with Crippen molar-refractivity contribution in [1.82, 2.24) is 4.90 Å². The molecule has 20 heavy (non-hydrogen) atoms. The van der Waals surface area contributed by atoms with Crippen molar-refractivity contribution in [2.24, 2.45) is 5.73 Å². The zero-order chi connectivity index (χ0) is 14.6. The molecule has 0 saturated heterocycles. The van der Waals surface area contributed by atoms with E-state index in [-0.39, 0.29) is 11.4 Å². The molecule has 2 rings (SSSR count). The van der Waals surface area contributed by atoms with Gasteiger partial charge in [-0.25, -0.2) is 0 Å². The van der Waals surface area contributed by atoms with E-state index in [1.807, 2.05) is 12.1 Å². The van der Waals surface area contributed by atoms with Gasteiger partial charge in [-0.05, 0) is 30.5 Å². The van der Waals surface area contributed by atoms with Gasteiger partial charge in [-0.3, -0.25) is 4.79 Å². The van der Waals surface area contributed by atoms with Gasteiger partial charge >= 0.3 is 0 Å². The SMILES string of the molecule is CN(Cc1ccc(C#N)cc1)C(=O)CC1(N)CCCC1. The predicted octanol–water partition coefficient (Wildman–Crippen LogP) is 2.18. The van der Waals surface area contributed by atoms with Crippen LogP contribution in [0.25, 0.3) is 0 Å². The Balaban J connectivity index is 1.91. The van der Waals surface area contributed by atoms with Crippen LogP contribution in [-0.2, 0) is 11.3 Å². The summed E-state index contributed by atoms with van der Waals surface area (Å²) in [6.45, 7) is 0.556. The molecule has 1 aliphatic rings. The fourth-order valence-electron chi connectivity index (χ4n) is 2.74. The average molecular weight is 271 g/mol. The number of amides is 1. The van der Waals surface area contributed by atoms with E-state index in [4.69, 9.17) is 11.0 Å². The molecule has 0 heterocycles. The molecule has 1 fully saturated rings. The molecule has 0 spiro atoms. The molecule has 2 N–H and O–H groups in total.